The van der Waals surface area contributed by atoms with E-state index in [1.54, 1.807) is 17.5 Å². The van der Waals surface area contributed by atoms with Crippen LogP contribution in [0.2, 0.25) is 0 Å². The monoisotopic (exact) mass is 315 g/mol. The first-order chi connectivity index (χ1) is 10.8. The van der Waals surface area contributed by atoms with Crippen molar-refractivity contribution in [2.75, 3.05) is 6.54 Å². The number of rotatable bonds is 5. The molecule has 0 aliphatic heterocycles. The van der Waals surface area contributed by atoms with Crippen molar-refractivity contribution in [1.82, 2.24) is 15.3 Å². The molecule has 5 heteroatoms. The van der Waals surface area contributed by atoms with Crippen LogP contribution in [0.4, 0.5) is 0 Å². The summed E-state index contributed by atoms with van der Waals surface area (Å²) in [4.78, 5) is 22.6. The number of nitrogens with one attached hydrogen (secondary N) is 1. The van der Waals surface area contributed by atoms with E-state index in [9.17, 15) is 4.79 Å². The number of fused-ring (bicyclic) bond motifs is 1. The average molecular weight is 315 g/mol. The Hall–Kier alpha value is -1.75. The van der Waals surface area contributed by atoms with E-state index < -0.39 is 0 Å². The summed E-state index contributed by atoms with van der Waals surface area (Å²) in [6.07, 6.45) is 6.56. The fourth-order valence-electron chi connectivity index (χ4n) is 2.73. The Morgan fingerprint density at radius 3 is 3.14 bits per heavy atom. The Morgan fingerprint density at radius 2 is 2.36 bits per heavy atom. The number of carbonyl (C=O) groups is 1. The molecule has 1 aliphatic carbocycles. The van der Waals surface area contributed by atoms with Gasteiger partial charge in [0, 0.05) is 23.5 Å². The molecule has 1 atom stereocenters. The molecule has 0 fully saturated rings. The second-order valence-electron chi connectivity index (χ2n) is 5.69. The maximum atomic E-state index is 12.2. The van der Waals surface area contributed by atoms with Crippen LogP contribution in [0.1, 0.15) is 36.8 Å². The van der Waals surface area contributed by atoms with Crippen molar-refractivity contribution in [3.8, 4) is 10.7 Å². The maximum Gasteiger partial charge on any atom is 0.223 e. The first-order valence-electron chi connectivity index (χ1n) is 7.95. The molecule has 1 N–H and O–H groups in total. The van der Waals surface area contributed by atoms with Crippen molar-refractivity contribution in [2.45, 2.75) is 39.0 Å². The third kappa shape index (κ3) is 3.35. The average Bonchev–Trinajstić information content (AvgIpc) is 2.99. The largest absolute Gasteiger partial charge is 0.356 e. The van der Waals surface area contributed by atoms with Gasteiger partial charge in [-0.1, -0.05) is 19.4 Å². The van der Waals surface area contributed by atoms with Gasteiger partial charge in [0.15, 0.2) is 0 Å². The van der Waals surface area contributed by atoms with Crippen LogP contribution in [-0.4, -0.2) is 22.4 Å². The minimum Gasteiger partial charge on any atom is -0.356 e. The number of thiazole rings is 1. The van der Waals surface area contributed by atoms with Crippen LogP contribution in [-0.2, 0) is 17.6 Å². The number of aryl methyl sites for hydroxylation is 1. The zero-order chi connectivity index (χ0) is 15.4. The normalized spacial score (nSPS) is 17.0. The van der Waals surface area contributed by atoms with E-state index in [2.05, 4.69) is 17.2 Å². The molecule has 1 aliphatic rings. The van der Waals surface area contributed by atoms with Crippen molar-refractivity contribution in [3.63, 3.8) is 0 Å². The standard InChI is InChI=1S/C17H21N3OS/c1-2-3-9-19-16(21)12-7-8-13-15(11-12)22-17(20-13)14-6-4-5-10-18-14/h4-6,10,12H,2-3,7-9,11H2,1H3,(H,19,21). The van der Waals surface area contributed by atoms with Crippen LogP contribution in [0.15, 0.2) is 24.4 Å². The highest BCUT2D eigenvalue weighted by Crippen LogP contribution is 2.33. The van der Waals surface area contributed by atoms with Gasteiger partial charge in [0.1, 0.15) is 5.01 Å². The number of hydrogen-bond donors (Lipinski definition) is 1. The molecule has 2 heterocycles. The van der Waals surface area contributed by atoms with Gasteiger partial charge in [-0.05, 0) is 37.8 Å². The molecule has 0 aromatic carbocycles. The van der Waals surface area contributed by atoms with E-state index in [4.69, 9.17) is 4.98 Å². The lowest BCUT2D eigenvalue weighted by Crippen LogP contribution is -2.34. The van der Waals surface area contributed by atoms with Gasteiger partial charge in [-0.3, -0.25) is 9.78 Å². The minimum absolute atomic E-state index is 0.0985. The van der Waals surface area contributed by atoms with Crippen LogP contribution >= 0.6 is 11.3 Å². The molecule has 0 spiro atoms. The zero-order valence-corrected chi connectivity index (χ0v) is 13.7. The SMILES string of the molecule is CCCCNC(=O)C1CCc2nc(-c3ccccn3)sc2C1. The molecule has 3 rings (SSSR count). The predicted molar refractivity (Wildman–Crippen MR) is 88.8 cm³/mol. The quantitative estimate of drug-likeness (QED) is 0.862. The van der Waals surface area contributed by atoms with Crippen LogP contribution in [0.3, 0.4) is 0 Å². The van der Waals surface area contributed by atoms with Gasteiger partial charge in [-0.2, -0.15) is 0 Å². The molecule has 1 unspecified atom stereocenters. The van der Waals surface area contributed by atoms with Crippen LogP contribution in [0.5, 0.6) is 0 Å². The van der Waals surface area contributed by atoms with Crippen LogP contribution in [0, 0.1) is 5.92 Å². The molecule has 0 radical (unpaired) electrons. The topological polar surface area (TPSA) is 54.9 Å². The smallest absolute Gasteiger partial charge is 0.223 e. The highest BCUT2D eigenvalue weighted by molar-refractivity contribution is 7.15. The molecule has 0 saturated carbocycles. The Labute approximate surface area is 135 Å². The number of hydrogen-bond acceptors (Lipinski definition) is 4. The fraction of sp³-hybridized carbons (Fsp3) is 0.471. The summed E-state index contributed by atoms with van der Waals surface area (Å²) in [5.41, 5.74) is 2.08. The Kier molecular flexibility index (Phi) is 4.83. The van der Waals surface area contributed by atoms with E-state index in [1.807, 2.05) is 18.2 Å². The van der Waals surface area contributed by atoms with Crippen molar-refractivity contribution < 1.29 is 4.79 Å². The number of pyridine rings is 1. The highest BCUT2D eigenvalue weighted by Gasteiger charge is 2.27. The second kappa shape index (κ2) is 7.01. The lowest BCUT2D eigenvalue weighted by atomic mass is 9.90. The fourth-order valence-corrected chi connectivity index (χ4v) is 3.89. The van der Waals surface area contributed by atoms with E-state index in [-0.39, 0.29) is 11.8 Å². The molecule has 2 aromatic rings. The Bertz CT molecular complexity index is 639. The van der Waals surface area contributed by atoms with Gasteiger partial charge >= 0.3 is 0 Å². The van der Waals surface area contributed by atoms with Gasteiger partial charge in [0.2, 0.25) is 5.91 Å². The third-order valence-electron chi connectivity index (χ3n) is 4.02. The van der Waals surface area contributed by atoms with Crippen molar-refractivity contribution in [1.29, 1.82) is 0 Å². The van der Waals surface area contributed by atoms with E-state index in [0.717, 1.165) is 55.0 Å². The van der Waals surface area contributed by atoms with Crippen LogP contribution in [0.25, 0.3) is 10.7 Å². The summed E-state index contributed by atoms with van der Waals surface area (Å²) in [6.45, 7) is 2.93. The number of aromatic nitrogens is 2. The van der Waals surface area contributed by atoms with E-state index in [1.165, 1.54) is 4.88 Å². The maximum absolute atomic E-state index is 12.2. The molecule has 1 amide bonds. The minimum atomic E-state index is 0.0985. The lowest BCUT2D eigenvalue weighted by molar-refractivity contribution is -0.125. The first-order valence-corrected chi connectivity index (χ1v) is 8.77. The van der Waals surface area contributed by atoms with Crippen molar-refractivity contribution in [2.24, 2.45) is 5.92 Å². The van der Waals surface area contributed by atoms with Crippen molar-refractivity contribution in [3.05, 3.63) is 35.0 Å². The first kappa shape index (κ1) is 15.2. The molecule has 4 nitrogen and oxygen atoms in total. The van der Waals surface area contributed by atoms with Gasteiger partial charge in [-0.15, -0.1) is 11.3 Å². The molecule has 0 saturated heterocycles. The summed E-state index contributed by atoms with van der Waals surface area (Å²) in [5.74, 6) is 0.299. The molecular weight excluding hydrogens is 294 g/mol. The number of unbranched alkanes of at least 4 members (excludes halogenated alkanes) is 1. The van der Waals surface area contributed by atoms with E-state index in [0.29, 0.717) is 0 Å². The van der Waals surface area contributed by atoms with Gasteiger partial charge in [0.05, 0.1) is 11.4 Å². The summed E-state index contributed by atoms with van der Waals surface area (Å²) >= 11 is 1.68. The predicted octanol–water partition coefficient (Wildman–Crippen LogP) is 3.23. The molecule has 22 heavy (non-hydrogen) atoms. The summed E-state index contributed by atoms with van der Waals surface area (Å²) in [7, 11) is 0. The molecular formula is C17H21N3OS. The molecule has 116 valence electrons. The third-order valence-corrected chi connectivity index (χ3v) is 5.17. The van der Waals surface area contributed by atoms with Crippen LogP contribution < -0.4 is 5.32 Å². The highest BCUT2D eigenvalue weighted by atomic mass is 32.1. The Balaban J connectivity index is 1.68. The zero-order valence-electron chi connectivity index (χ0n) is 12.8. The summed E-state index contributed by atoms with van der Waals surface area (Å²) in [6, 6.07) is 5.87. The number of amides is 1. The summed E-state index contributed by atoms with van der Waals surface area (Å²) < 4.78 is 0. The summed E-state index contributed by atoms with van der Waals surface area (Å²) in [5, 5.41) is 4.03. The lowest BCUT2D eigenvalue weighted by Gasteiger charge is -2.20. The van der Waals surface area contributed by atoms with Crippen molar-refractivity contribution >= 4 is 17.2 Å². The van der Waals surface area contributed by atoms with Gasteiger partial charge < -0.3 is 5.32 Å². The van der Waals surface area contributed by atoms with Gasteiger partial charge in [-0.25, -0.2) is 4.98 Å². The molecule has 2 aromatic heterocycles. The Morgan fingerprint density at radius 1 is 1.45 bits per heavy atom. The molecule has 0 bridgehead atoms. The van der Waals surface area contributed by atoms with E-state index >= 15 is 0 Å². The van der Waals surface area contributed by atoms with Gasteiger partial charge in [0.25, 0.3) is 0 Å². The number of carbonyl (C=O) groups excluding carboxylic acids is 1. The number of nitrogens with zero attached hydrogens (tertiary/aromatic N) is 2. The second-order valence-corrected chi connectivity index (χ2v) is 6.77.